The van der Waals surface area contributed by atoms with Crippen molar-refractivity contribution in [3.63, 3.8) is 0 Å². The van der Waals surface area contributed by atoms with E-state index in [1.165, 1.54) is 0 Å². The summed E-state index contributed by atoms with van der Waals surface area (Å²) in [7, 11) is 0. The van der Waals surface area contributed by atoms with Crippen LogP contribution in [0.3, 0.4) is 0 Å². The van der Waals surface area contributed by atoms with Gasteiger partial charge in [-0.3, -0.25) is 4.79 Å². The number of carbonyl (C=O) groups excluding carboxylic acids is 1. The predicted octanol–water partition coefficient (Wildman–Crippen LogP) is 2.39. The third kappa shape index (κ3) is 1.14. The SMILES string of the molecule is C[C@@H]1CCC23C4OOC5(C)CCC41C2C(OC(=O)[C@@H]3C)O5. The second kappa shape index (κ2) is 3.47. The molecule has 6 rings (SSSR count). The van der Waals surface area contributed by atoms with Crippen molar-refractivity contribution in [2.75, 3.05) is 0 Å². The topological polar surface area (TPSA) is 54.0 Å². The molecule has 3 aliphatic carbocycles. The maximum Gasteiger partial charge on any atom is 0.311 e. The standard InChI is InChI=1S/C16H22O5/c1-8-4-5-16-9(2)11(17)18-12-10(16)15(8)7-6-14(3,19-12)21-20-13(15)16/h8-10,12-13H,4-7H2,1-3H3/t8-,9+,10?,12?,13?,14?,15?,16?/m1/s1. The minimum absolute atomic E-state index is 0.00910. The molecule has 3 aliphatic heterocycles. The Morgan fingerprint density at radius 1 is 1.14 bits per heavy atom. The van der Waals surface area contributed by atoms with Gasteiger partial charge in [0.05, 0.1) is 5.92 Å². The van der Waals surface area contributed by atoms with E-state index in [0.29, 0.717) is 5.92 Å². The highest BCUT2D eigenvalue weighted by Gasteiger charge is 2.84. The van der Waals surface area contributed by atoms with E-state index in [2.05, 4.69) is 6.92 Å². The Bertz CT molecular complexity index is 535. The highest BCUT2D eigenvalue weighted by Crippen LogP contribution is 2.79. The van der Waals surface area contributed by atoms with Crippen LogP contribution in [0.2, 0.25) is 0 Å². The molecule has 3 saturated heterocycles. The molecule has 3 bridgehead atoms. The molecule has 3 saturated carbocycles. The van der Waals surface area contributed by atoms with E-state index in [1.54, 1.807) is 0 Å². The van der Waals surface area contributed by atoms with Crippen LogP contribution >= 0.6 is 0 Å². The molecule has 0 aromatic carbocycles. The summed E-state index contributed by atoms with van der Waals surface area (Å²) in [4.78, 5) is 24.0. The number of hydrogen-bond donors (Lipinski definition) is 0. The number of carbonyl (C=O) groups is 1. The number of hydrogen-bond acceptors (Lipinski definition) is 5. The third-order valence-electron chi connectivity index (χ3n) is 7.42. The second-order valence-electron chi connectivity index (χ2n) is 7.98. The molecule has 0 N–H and O–H groups in total. The van der Waals surface area contributed by atoms with Crippen LogP contribution in [0.4, 0.5) is 0 Å². The Balaban J connectivity index is 1.73. The van der Waals surface area contributed by atoms with Crippen molar-refractivity contribution in [2.45, 2.75) is 64.6 Å². The summed E-state index contributed by atoms with van der Waals surface area (Å²) in [6, 6.07) is 0. The van der Waals surface area contributed by atoms with Gasteiger partial charge in [0.2, 0.25) is 12.1 Å². The first-order chi connectivity index (χ1) is 9.94. The Morgan fingerprint density at radius 3 is 2.76 bits per heavy atom. The van der Waals surface area contributed by atoms with Gasteiger partial charge in [0, 0.05) is 23.2 Å². The zero-order chi connectivity index (χ0) is 14.6. The highest BCUT2D eigenvalue weighted by atomic mass is 17.2. The van der Waals surface area contributed by atoms with Gasteiger partial charge in [-0.15, -0.1) is 0 Å². The van der Waals surface area contributed by atoms with E-state index >= 15 is 0 Å². The van der Waals surface area contributed by atoms with Crippen molar-refractivity contribution >= 4 is 5.97 Å². The molecule has 0 radical (unpaired) electrons. The molecule has 6 fully saturated rings. The van der Waals surface area contributed by atoms with Crippen LogP contribution in [0.25, 0.3) is 0 Å². The number of ether oxygens (including phenoxy) is 2. The maximum absolute atomic E-state index is 12.4. The quantitative estimate of drug-likeness (QED) is 0.507. The normalized spacial score (nSPS) is 64.1. The second-order valence-corrected chi connectivity index (χ2v) is 7.98. The Hall–Kier alpha value is -0.650. The van der Waals surface area contributed by atoms with Crippen LogP contribution in [-0.4, -0.2) is 24.2 Å². The van der Waals surface area contributed by atoms with E-state index in [4.69, 9.17) is 19.2 Å². The van der Waals surface area contributed by atoms with Crippen molar-refractivity contribution in [3.8, 4) is 0 Å². The van der Waals surface area contributed by atoms with Gasteiger partial charge in [0.15, 0.2) is 0 Å². The van der Waals surface area contributed by atoms with Gasteiger partial charge >= 0.3 is 5.97 Å². The fraction of sp³-hybridized carbons (Fsp3) is 0.938. The lowest BCUT2D eigenvalue weighted by molar-refractivity contribution is -0.542. The van der Waals surface area contributed by atoms with Crippen molar-refractivity contribution in [3.05, 3.63) is 0 Å². The molecule has 5 nitrogen and oxygen atoms in total. The molecule has 0 aromatic rings. The molecule has 0 amide bonds. The van der Waals surface area contributed by atoms with Gasteiger partial charge in [-0.2, -0.15) is 0 Å². The third-order valence-corrected chi connectivity index (χ3v) is 7.42. The first kappa shape index (κ1) is 12.9. The van der Waals surface area contributed by atoms with Gasteiger partial charge < -0.3 is 9.47 Å². The minimum Gasteiger partial charge on any atom is -0.435 e. The molecular weight excluding hydrogens is 272 g/mol. The lowest BCUT2D eigenvalue weighted by Crippen LogP contribution is -2.81. The van der Waals surface area contributed by atoms with Gasteiger partial charge in [0.1, 0.15) is 6.10 Å². The largest absolute Gasteiger partial charge is 0.435 e. The lowest BCUT2D eigenvalue weighted by Gasteiger charge is -2.76. The molecule has 5 heteroatoms. The summed E-state index contributed by atoms with van der Waals surface area (Å²) in [5, 5.41) is 0. The molecule has 3 heterocycles. The average molecular weight is 294 g/mol. The van der Waals surface area contributed by atoms with Crippen LogP contribution < -0.4 is 0 Å². The smallest absolute Gasteiger partial charge is 0.311 e. The fourth-order valence-electron chi connectivity index (χ4n) is 6.30. The lowest BCUT2D eigenvalue weighted by atomic mass is 9.31. The fourth-order valence-corrected chi connectivity index (χ4v) is 6.30. The monoisotopic (exact) mass is 294 g/mol. The summed E-state index contributed by atoms with van der Waals surface area (Å²) in [5.74, 6) is -0.264. The molecule has 6 aliphatic rings. The molecule has 0 aromatic heterocycles. The first-order valence-corrected chi connectivity index (χ1v) is 8.17. The van der Waals surface area contributed by atoms with Crippen molar-refractivity contribution < 1.29 is 24.0 Å². The Morgan fingerprint density at radius 2 is 1.95 bits per heavy atom. The summed E-state index contributed by atoms with van der Waals surface area (Å²) in [6.07, 6.45) is 3.52. The van der Waals surface area contributed by atoms with Gasteiger partial charge in [0.25, 0.3) is 0 Å². The van der Waals surface area contributed by atoms with E-state index in [0.717, 1.165) is 25.7 Å². The van der Waals surface area contributed by atoms with E-state index in [9.17, 15) is 4.79 Å². The van der Waals surface area contributed by atoms with Gasteiger partial charge in [-0.25, -0.2) is 9.78 Å². The van der Waals surface area contributed by atoms with E-state index in [1.807, 2.05) is 13.8 Å². The summed E-state index contributed by atoms with van der Waals surface area (Å²) in [5.41, 5.74) is -0.107. The number of rotatable bonds is 0. The zero-order valence-corrected chi connectivity index (χ0v) is 12.8. The Labute approximate surface area is 124 Å². The van der Waals surface area contributed by atoms with Crippen LogP contribution in [0, 0.1) is 28.6 Å². The van der Waals surface area contributed by atoms with Crippen molar-refractivity contribution in [2.24, 2.45) is 28.6 Å². The molecule has 21 heavy (non-hydrogen) atoms. The average Bonchev–Trinajstić information content (AvgIpc) is 2.61. The van der Waals surface area contributed by atoms with Crippen LogP contribution in [-0.2, 0) is 24.0 Å². The van der Waals surface area contributed by atoms with E-state index in [-0.39, 0.29) is 34.7 Å². The van der Waals surface area contributed by atoms with Crippen molar-refractivity contribution in [1.82, 2.24) is 0 Å². The van der Waals surface area contributed by atoms with E-state index < -0.39 is 12.1 Å². The number of fused-ring (bicyclic) bond motifs is 4. The van der Waals surface area contributed by atoms with Crippen LogP contribution in [0.1, 0.15) is 46.5 Å². The van der Waals surface area contributed by atoms with Crippen LogP contribution in [0.15, 0.2) is 0 Å². The summed E-state index contributed by atoms with van der Waals surface area (Å²) < 4.78 is 11.8. The molecule has 116 valence electrons. The highest BCUT2D eigenvalue weighted by molar-refractivity contribution is 5.75. The van der Waals surface area contributed by atoms with Crippen molar-refractivity contribution in [1.29, 1.82) is 0 Å². The molecular formula is C16H22O5. The Kier molecular flexibility index (Phi) is 2.12. The maximum atomic E-state index is 12.4. The van der Waals surface area contributed by atoms with Gasteiger partial charge in [-0.1, -0.05) is 13.8 Å². The number of esters is 1. The van der Waals surface area contributed by atoms with Gasteiger partial charge in [-0.05, 0) is 32.1 Å². The zero-order valence-electron chi connectivity index (χ0n) is 12.8. The molecule has 2 spiro atoms. The first-order valence-electron chi connectivity index (χ1n) is 8.17. The summed E-state index contributed by atoms with van der Waals surface area (Å²) in [6.45, 7) is 6.19. The summed E-state index contributed by atoms with van der Waals surface area (Å²) >= 11 is 0. The molecule has 6 unspecified atom stereocenters. The predicted molar refractivity (Wildman–Crippen MR) is 70.5 cm³/mol. The molecule has 8 atom stereocenters. The van der Waals surface area contributed by atoms with Crippen LogP contribution in [0.5, 0.6) is 0 Å². The minimum atomic E-state index is -0.795.